The minimum atomic E-state index is 0.157. The van der Waals surface area contributed by atoms with Gasteiger partial charge in [-0.15, -0.1) is 0 Å². The second kappa shape index (κ2) is 7.75. The number of amides is 1. The number of nitrogens with one attached hydrogen (secondary N) is 1. The van der Waals surface area contributed by atoms with E-state index >= 15 is 0 Å². The van der Waals surface area contributed by atoms with Crippen molar-refractivity contribution >= 4 is 17.2 Å². The molecule has 1 aliphatic heterocycles. The van der Waals surface area contributed by atoms with Crippen LogP contribution in [0.1, 0.15) is 36.1 Å². The van der Waals surface area contributed by atoms with Crippen LogP contribution in [0.5, 0.6) is 0 Å². The first kappa shape index (κ1) is 16.2. The molecule has 0 spiro atoms. The van der Waals surface area contributed by atoms with Crippen LogP contribution in [-0.2, 0) is 17.6 Å². The summed E-state index contributed by atoms with van der Waals surface area (Å²) in [5, 5.41) is 7.63. The Kier molecular flexibility index (Phi) is 5.47. The minimum absolute atomic E-state index is 0.157. The van der Waals surface area contributed by atoms with E-state index in [2.05, 4.69) is 58.2 Å². The van der Waals surface area contributed by atoms with Crippen LogP contribution in [0, 0.1) is 0 Å². The van der Waals surface area contributed by atoms with E-state index in [1.807, 2.05) is 0 Å². The molecule has 1 unspecified atom stereocenters. The Hall–Kier alpha value is -1.65. The maximum Gasteiger partial charge on any atom is 0.223 e. The summed E-state index contributed by atoms with van der Waals surface area (Å²) < 4.78 is 0. The summed E-state index contributed by atoms with van der Waals surface area (Å²) >= 11 is 1.69. The predicted octanol–water partition coefficient (Wildman–Crippen LogP) is 3.42. The second-order valence-corrected chi connectivity index (χ2v) is 6.81. The summed E-state index contributed by atoms with van der Waals surface area (Å²) in [6.45, 7) is 4.68. The van der Waals surface area contributed by atoms with Crippen LogP contribution in [0.15, 0.2) is 41.1 Å². The van der Waals surface area contributed by atoms with Crippen molar-refractivity contribution in [2.24, 2.45) is 0 Å². The topological polar surface area (TPSA) is 32.3 Å². The number of hydrogen-bond acceptors (Lipinski definition) is 3. The maximum absolute atomic E-state index is 12.7. The zero-order valence-electron chi connectivity index (χ0n) is 13.6. The third-order valence-corrected chi connectivity index (χ3v) is 5.28. The highest BCUT2D eigenvalue weighted by atomic mass is 32.1. The van der Waals surface area contributed by atoms with Crippen LogP contribution in [0.2, 0.25) is 0 Å². The minimum Gasteiger partial charge on any atom is -0.333 e. The molecule has 1 saturated heterocycles. The lowest BCUT2D eigenvalue weighted by molar-refractivity contribution is -0.134. The number of carbonyl (C=O) groups is 1. The van der Waals surface area contributed by atoms with Gasteiger partial charge in [-0.1, -0.05) is 31.2 Å². The number of benzene rings is 1. The lowest BCUT2D eigenvalue weighted by Gasteiger charge is -2.36. The number of rotatable bonds is 5. The van der Waals surface area contributed by atoms with Gasteiger partial charge in [0.15, 0.2) is 0 Å². The number of hydrogen-bond donors (Lipinski definition) is 1. The largest absolute Gasteiger partial charge is 0.333 e. The lowest BCUT2D eigenvalue weighted by atomic mass is 10.00. The second-order valence-electron chi connectivity index (χ2n) is 6.03. The van der Waals surface area contributed by atoms with Crippen molar-refractivity contribution in [2.45, 2.75) is 32.2 Å². The summed E-state index contributed by atoms with van der Waals surface area (Å²) in [6.07, 6.45) is 2.49. The molecule has 23 heavy (non-hydrogen) atoms. The van der Waals surface area contributed by atoms with Crippen LogP contribution in [0.25, 0.3) is 0 Å². The van der Waals surface area contributed by atoms with Gasteiger partial charge in [0.05, 0.1) is 6.04 Å². The van der Waals surface area contributed by atoms with E-state index in [0.29, 0.717) is 6.42 Å². The number of thiophene rings is 1. The van der Waals surface area contributed by atoms with E-state index in [1.54, 1.807) is 11.3 Å². The molecule has 3 nitrogen and oxygen atoms in total. The number of aryl methyl sites for hydroxylation is 2. The molecule has 1 aromatic carbocycles. The first-order valence-electron chi connectivity index (χ1n) is 8.38. The van der Waals surface area contributed by atoms with Gasteiger partial charge in [0.2, 0.25) is 5.91 Å². The Balaban J connectivity index is 1.68. The third-order valence-electron chi connectivity index (χ3n) is 4.54. The molecule has 0 aliphatic carbocycles. The molecule has 1 amide bonds. The highest BCUT2D eigenvalue weighted by Gasteiger charge is 2.27. The fourth-order valence-corrected chi connectivity index (χ4v) is 3.81. The Bertz CT molecular complexity index is 621. The zero-order valence-corrected chi connectivity index (χ0v) is 14.4. The van der Waals surface area contributed by atoms with Crippen LogP contribution in [0.3, 0.4) is 0 Å². The monoisotopic (exact) mass is 328 g/mol. The van der Waals surface area contributed by atoms with E-state index in [-0.39, 0.29) is 11.9 Å². The van der Waals surface area contributed by atoms with Gasteiger partial charge >= 0.3 is 0 Å². The van der Waals surface area contributed by atoms with Gasteiger partial charge in [0, 0.05) is 26.1 Å². The molecule has 122 valence electrons. The molecule has 1 aromatic heterocycles. The molecular weight excluding hydrogens is 304 g/mol. The van der Waals surface area contributed by atoms with Crippen molar-refractivity contribution in [2.75, 3.05) is 19.6 Å². The predicted molar refractivity (Wildman–Crippen MR) is 95.8 cm³/mol. The van der Waals surface area contributed by atoms with E-state index in [9.17, 15) is 4.79 Å². The summed E-state index contributed by atoms with van der Waals surface area (Å²) in [5.74, 6) is 0.266. The molecule has 1 atom stereocenters. The first-order valence-corrected chi connectivity index (χ1v) is 9.32. The summed E-state index contributed by atoms with van der Waals surface area (Å²) in [7, 11) is 0. The molecule has 2 aromatic rings. The van der Waals surface area contributed by atoms with Gasteiger partial charge < -0.3 is 10.2 Å². The van der Waals surface area contributed by atoms with E-state index in [1.165, 1.54) is 16.7 Å². The molecule has 3 rings (SSSR count). The van der Waals surface area contributed by atoms with Gasteiger partial charge in [-0.25, -0.2) is 0 Å². The Labute approximate surface area is 142 Å². The molecule has 1 fully saturated rings. The van der Waals surface area contributed by atoms with Gasteiger partial charge in [-0.2, -0.15) is 11.3 Å². The van der Waals surface area contributed by atoms with Crippen molar-refractivity contribution in [3.05, 3.63) is 57.8 Å². The molecule has 1 aliphatic rings. The smallest absolute Gasteiger partial charge is 0.223 e. The van der Waals surface area contributed by atoms with E-state index in [0.717, 1.165) is 32.5 Å². The van der Waals surface area contributed by atoms with Crippen molar-refractivity contribution in [3.8, 4) is 0 Å². The average Bonchev–Trinajstić information content (AvgIpc) is 3.13. The van der Waals surface area contributed by atoms with Gasteiger partial charge in [0.1, 0.15) is 0 Å². The fourth-order valence-electron chi connectivity index (χ4n) is 3.11. The standard InChI is InChI=1S/C19H24N2OS/c1-2-15-3-6-17(7-4-15)18-13-20-10-11-21(18)19(22)8-5-16-9-12-23-14-16/h3-4,6-7,9,12,14,18,20H,2,5,8,10-11,13H2,1H3. The molecular formula is C19H24N2OS. The summed E-state index contributed by atoms with van der Waals surface area (Å²) in [5.41, 5.74) is 3.84. The van der Waals surface area contributed by atoms with Crippen LogP contribution >= 0.6 is 11.3 Å². The number of carbonyl (C=O) groups excluding carboxylic acids is 1. The Morgan fingerprint density at radius 3 is 2.78 bits per heavy atom. The van der Waals surface area contributed by atoms with Crippen molar-refractivity contribution < 1.29 is 4.79 Å². The Morgan fingerprint density at radius 1 is 1.26 bits per heavy atom. The highest BCUT2D eigenvalue weighted by Crippen LogP contribution is 2.24. The van der Waals surface area contributed by atoms with Crippen molar-refractivity contribution in [3.63, 3.8) is 0 Å². The summed E-state index contributed by atoms with van der Waals surface area (Å²) in [6, 6.07) is 11.0. The first-order chi connectivity index (χ1) is 11.3. The normalized spacial score (nSPS) is 18.1. The van der Waals surface area contributed by atoms with Crippen LogP contribution in [0.4, 0.5) is 0 Å². The highest BCUT2D eigenvalue weighted by molar-refractivity contribution is 7.07. The maximum atomic E-state index is 12.7. The summed E-state index contributed by atoms with van der Waals surface area (Å²) in [4.78, 5) is 14.8. The van der Waals surface area contributed by atoms with E-state index < -0.39 is 0 Å². The Morgan fingerprint density at radius 2 is 2.09 bits per heavy atom. The van der Waals surface area contributed by atoms with Gasteiger partial charge in [-0.05, 0) is 46.4 Å². The fraction of sp³-hybridized carbons (Fsp3) is 0.421. The SMILES string of the molecule is CCc1ccc(C2CNCCN2C(=O)CCc2ccsc2)cc1. The van der Waals surface area contributed by atoms with Crippen molar-refractivity contribution in [1.82, 2.24) is 10.2 Å². The van der Waals surface area contributed by atoms with Gasteiger partial charge in [0.25, 0.3) is 0 Å². The molecule has 0 bridgehead atoms. The molecule has 2 heterocycles. The molecule has 0 radical (unpaired) electrons. The third kappa shape index (κ3) is 4.01. The molecule has 0 saturated carbocycles. The quantitative estimate of drug-likeness (QED) is 0.912. The lowest BCUT2D eigenvalue weighted by Crippen LogP contribution is -2.48. The molecule has 1 N–H and O–H groups in total. The van der Waals surface area contributed by atoms with Gasteiger partial charge in [-0.3, -0.25) is 4.79 Å². The average molecular weight is 328 g/mol. The van der Waals surface area contributed by atoms with Crippen LogP contribution in [-0.4, -0.2) is 30.4 Å². The van der Waals surface area contributed by atoms with Crippen LogP contribution < -0.4 is 5.32 Å². The molecule has 4 heteroatoms. The van der Waals surface area contributed by atoms with E-state index in [4.69, 9.17) is 0 Å². The number of nitrogens with zero attached hydrogens (tertiary/aromatic N) is 1. The number of piperazine rings is 1. The zero-order chi connectivity index (χ0) is 16.1. The van der Waals surface area contributed by atoms with Crippen molar-refractivity contribution in [1.29, 1.82) is 0 Å².